The largest absolute Gasteiger partial charge is 0.461 e. The predicted molar refractivity (Wildman–Crippen MR) is 79.1 cm³/mol. The highest BCUT2D eigenvalue weighted by Crippen LogP contribution is 2.26. The van der Waals surface area contributed by atoms with Gasteiger partial charge in [0, 0.05) is 35.4 Å². The van der Waals surface area contributed by atoms with E-state index >= 15 is 0 Å². The Morgan fingerprint density at radius 1 is 1.35 bits per heavy atom. The van der Waals surface area contributed by atoms with Crippen LogP contribution in [0, 0.1) is 0 Å². The van der Waals surface area contributed by atoms with Crippen molar-refractivity contribution in [2.45, 2.75) is 25.9 Å². The van der Waals surface area contributed by atoms with Crippen molar-refractivity contribution in [3.05, 3.63) is 47.1 Å². The number of sulfone groups is 1. The topological polar surface area (TPSA) is 59.3 Å². The van der Waals surface area contributed by atoms with Crippen LogP contribution in [-0.4, -0.2) is 20.2 Å². The lowest BCUT2D eigenvalue weighted by molar-refractivity contribution is 0.540. The summed E-state index contributed by atoms with van der Waals surface area (Å²) in [5.74, 6) is 1.10. The highest BCUT2D eigenvalue weighted by Gasteiger charge is 2.22. The van der Waals surface area contributed by atoms with E-state index in [1.165, 1.54) is 5.41 Å². The molecule has 1 N–H and O–H groups in total. The first-order valence-electron chi connectivity index (χ1n) is 6.72. The molecule has 0 saturated heterocycles. The van der Waals surface area contributed by atoms with Gasteiger partial charge < -0.3 is 9.73 Å². The summed E-state index contributed by atoms with van der Waals surface area (Å²) in [6.45, 7) is 2.67. The minimum absolute atomic E-state index is 0.113. The maximum atomic E-state index is 11.4. The van der Waals surface area contributed by atoms with Crippen LogP contribution >= 0.6 is 0 Å². The van der Waals surface area contributed by atoms with Crippen molar-refractivity contribution >= 4 is 20.8 Å². The summed E-state index contributed by atoms with van der Waals surface area (Å²) in [5, 5.41) is 5.67. The molecule has 2 heterocycles. The summed E-state index contributed by atoms with van der Waals surface area (Å²) < 4.78 is 28.6. The quantitative estimate of drug-likeness (QED) is 0.939. The first kappa shape index (κ1) is 13.4. The van der Waals surface area contributed by atoms with Crippen molar-refractivity contribution in [2.24, 2.45) is 0 Å². The van der Waals surface area contributed by atoms with Gasteiger partial charge in [-0.2, -0.15) is 0 Å². The second-order valence-corrected chi connectivity index (χ2v) is 6.93. The molecule has 2 aromatic rings. The minimum Gasteiger partial charge on any atom is -0.461 e. The van der Waals surface area contributed by atoms with Crippen LogP contribution in [0.15, 0.2) is 40.2 Å². The summed E-state index contributed by atoms with van der Waals surface area (Å²) in [6, 6.07) is 7.82. The van der Waals surface area contributed by atoms with Crippen LogP contribution in [0.5, 0.6) is 0 Å². The third kappa shape index (κ3) is 2.51. The number of fused-ring (bicyclic) bond motifs is 1. The van der Waals surface area contributed by atoms with E-state index < -0.39 is 9.84 Å². The monoisotopic (exact) mass is 291 g/mol. The van der Waals surface area contributed by atoms with Gasteiger partial charge in [-0.1, -0.05) is 31.2 Å². The lowest BCUT2D eigenvalue weighted by Gasteiger charge is -2.09. The van der Waals surface area contributed by atoms with Crippen LogP contribution in [-0.2, 0) is 22.8 Å². The summed E-state index contributed by atoms with van der Waals surface area (Å²) in [5.41, 5.74) is 2.01. The molecule has 4 nitrogen and oxygen atoms in total. The predicted octanol–water partition coefficient (Wildman–Crippen LogP) is 2.40. The second kappa shape index (κ2) is 5.07. The van der Waals surface area contributed by atoms with Crippen molar-refractivity contribution in [3.63, 3.8) is 0 Å². The maximum Gasteiger partial charge on any atom is 0.173 e. The molecule has 5 heteroatoms. The van der Waals surface area contributed by atoms with Gasteiger partial charge in [-0.15, -0.1) is 0 Å². The fourth-order valence-electron chi connectivity index (χ4n) is 2.56. The summed E-state index contributed by atoms with van der Waals surface area (Å²) in [4.78, 5) is 0. The molecule has 1 aliphatic rings. The van der Waals surface area contributed by atoms with Crippen molar-refractivity contribution in [2.75, 3.05) is 5.75 Å². The van der Waals surface area contributed by atoms with Gasteiger partial charge >= 0.3 is 0 Å². The highest BCUT2D eigenvalue weighted by molar-refractivity contribution is 7.94. The van der Waals surface area contributed by atoms with Gasteiger partial charge in [0.2, 0.25) is 0 Å². The fourth-order valence-corrected chi connectivity index (χ4v) is 3.83. The molecule has 1 unspecified atom stereocenters. The highest BCUT2D eigenvalue weighted by atomic mass is 32.2. The van der Waals surface area contributed by atoms with Crippen LogP contribution < -0.4 is 5.32 Å². The molecule has 1 aliphatic heterocycles. The smallest absolute Gasteiger partial charge is 0.173 e. The zero-order valence-corrected chi connectivity index (χ0v) is 12.1. The zero-order chi connectivity index (χ0) is 14.2. The molecule has 1 aromatic carbocycles. The van der Waals surface area contributed by atoms with Crippen LogP contribution in [0.3, 0.4) is 0 Å². The van der Waals surface area contributed by atoms with Crippen molar-refractivity contribution in [3.8, 4) is 0 Å². The number of aryl methyl sites for hydroxylation is 1. The molecule has 0 amide bonds. The molecule has 0 spiro atoms. The van der Waals surface area contributed by atoms with E-state index in [4.69, 9.17) is 4.42 Å². The zero-order valence-electron chi connectivity index (χ0n) is 11.3. The fraction of sp³-hybridized carbons (Fsp3) is 0.333. The number of benzene rings is 1. The van der Waals surface area contributed by atoms with Crippen LogP contribution in [0.2, 0.25) is 0 Å². The first-order chi connectivity index (χ1) is 9.59. The van der Waals surface area contributed by atoms with Gasteiger partial charge in [0.15, 0.2) is 9.84 Å². The number of furan rings is 1. The lowest BCUT2D eigenvalue weighted by Crippen LogP contribution is -2.29. The Morgan fingerprint density at radius 3 is 2.85 bits per heavy atom. The van der Waals surface area contributed by atoms with E-state index in [-0.39, 0.29) is 11.8 Å². The molecule has 0 aliphatic carbocycles. The SMILES string of the molecule is CCc1oc2ccccc2c1CNC1C=CS(=O)(=O)C1. The Hall–Kier alpha value is -1.59. The number of nitrogens with one attached hydrogen (secondary N) is 1. The minimum atomic E-state index is -3.01. The summed E-state index contributed by atoms with van der Waals surface area (Å²) >= 11 is 0. The van der Waals surface area contributed by atoms with Crippen molar-refractivity contribution in [1.82, 2.24) is 5.32 Å². The van der Waals surface area contributed by atoms with Gasteiger partial charge in [-0.05, 0) is 6.07 Å². The lowest BCUT2D eigenvalue weighted by atomic mass is 10.1. The van der Waals surface area contributed by atoms with Crippen LogP contribution in [0.4, 0.5) is 0 Å². The van der Waals surface area contributed by atoms with Gasteiger partial charge in [-0.25, -0.2) is 8.42 Å². The molecule has 0 radical (unpaired) electrons. The number of hydrogen-bond acceptors (Lipinski definition) is 4. The Morgan fingerprint density at radius 2 is 2.15 bits per heavy atom. The first-order valence-corrected chi connectivity index (χ1v) is 8.44. The molecule has 0 fully saturated rings. The van der Waals surface area contributed by atoms with E-state index in [9.17, 15) is 8.42 Å². The van der Waals surface area contributed by atoms with Crippen molar-refractivity contribution in [1.29, 1.82) is 0 Å². The third-order valence-electron chi connectivity index (χ3n) is 3.57. The average molecular weight is 291 g/mol. The van der Waals surface area contributed by atoms with E-state index in [1.807, 2.05) is 24.3 Å². The van der Waals surface area contributed by atoms with Crippen LogP contribution in [0.1, 0.15) is 18.2 Å². The molecule has 0 saturated carbocycles. The number of rotatable bonds is 4. The molecular formula is C15H17NO3S. The van der Waals surface area contributed by atoms with Gasteiger partial charge in [0.25, 0.3) is 0 Å². The van der Waals surface area contributed by atoms with Crippen molar-refractivity contribution < 1.29 is 12.8 Å². The Balaban J connectivity index is 1.82. The number of hydrogen-bond donors (Lipinski definition) is 1. The maximum absolute atomic E-state index is 11.4. The molecule has 106 valence electrons. The van der Waals surface area contributed by atoms with E-state index in [0.717, 1.165) is 28.7 Å². The normalized spacial score (nSPS) is 20.8. The second-order valence-electron chi connectivity index (χ2n) is 5.00. The van der Waals surface area contributed by atoms with E-state index in [2.05, 4.69) is 12.2 Å². The van der Waals surface area contributed by atoms with Gasteiger partial charge in [0.05, 0.1) is 5.75 Å². The Kier molecular flexibility index (Phi) is 3.40. The Labute approximate surface area is 118 Å². The molecule has 3 rings (SSSR count). The standard InChI is InChI=1S/C15H17NO3S/c1-2-14-13(12-5-3-4-6-15(12)19-14)9-16-11-7-8-20(17,18)10-11/h3-8,11,16H,2,9-10H2,1H3. The van der Waals surface area contributed by atoms with Crippen LogP contribution in [0.25, 0.3) is 11.0 Å². The van der Waals surface area contributed by atoms with E-state index in [0.29, 0.717) is 6.54 Å². The number of para-hydroxylation sites is 1. The summed E-state index contributed by atoms with van der Waals surface area (Å²) in [7, 11) is -3.01. The molecule has 1 atom stereocenters. The summed E-state index contributed by atoms with van der Waals surface area (Å²) in [6.07, 6.45) is 2.54. The molecule has 1 aromatic heterocycles. The van der Waals surface area contributed by atoms with Gasteiger partial charge in [0.1, 0.15) is 11.3 Å². The third-order valence-corrected chi connectivity index (χ3v) is 4.97. The molecule has 0 bridgehead atoms. The van der Waals surface area contributed by atoms with E-state index in [1.54, 1.807) is 6.08 Å². The Bertz CT molecular complexity index is 759. The molecule has 20 heavy (non-hydrogen) atoms. The van der Waals surface area contributed by atoms with Gasteiger partial charge in [-0.3, -0.25) is 0 Å². The average Bonchev–Trinajstić information content (AvgIpc) is 2.96. The molecular weight excluding hydrogens is 274 g/mol.